The summed E-state index contributed by atoms with van der Waals surface area (Å²) in [6.45, 7) is 4.39. The van der Waals surface area contributed by atoms with E-state index in [0.29, 0.717) is 0 Å². The zero-order chi connectivity index (χ0) is 10.1. The second-order valence-electron chi connectivity index (χ2n) is 3.75. The summed E-state index contributed by atoms with van der Waals surface area (Å²) in [4.78, 5) is 0. The Morgan fingerprint density at radius 3 is 2.38 bits per heavy atom. The molecule has 1 aromatic rings. The number of aryl methyl sites for hydroxylation is 1. The van der Waals surface area contributed by atoms with Crippen LogP contribution in [0.4, 0.5) is 0 Å². The molecule has 0 fully saturated rings. The molecule has 0 N–H and O–H groups in total. The van der Waals surface area contributed by atoms with Gasteiger partial charge in [0.15, 0.2) is 0 Å². The first-order valence-electron chi connectivity index (χ1n) is 4.88. The Balaban J connectivity index is 0.00000112. The van der Waals surface area contributed by atoms with Gasteiger partial charge in [0.25, 0.3) is 0 Å². The van der Waals surface area contributed by atoms with Crippen molar-refractivity contribution >= 4 is 9.44 Å². The van der Waals surface area contributed by atoms with E-state index in [1.165, 1.54) is 26.1 Å². The Morgan fingerprint density at radius 2 is 1.81 bits per heavy atom. The number of rotatable bonds is 1. The Bertz CT molecular complexity index is 434. The number of hydrogen-bond acceptors (Lipinski definition) is 0. The van der Waals surface area contributed by atoms with Crippen molar-refractivity contribution < 1.29 is 45.2 Å². The quantitative estimate of drug-likeness (QED) is 0.478. The Hall–Kier alpha value is -0.00571. The van der Waals surface area contributed by atoms with Crippen molar-refractivity contribution in [3.05, 3.63) is 47.1 Å². The van der Waals surface area contributed by atoms with E-state index in [1.807, 2.05) is 0 Å². The maximum atomic E-state index is 2.25. The van der Waals surface area contributed by atoms with Gasteiger partial charge in [-0.2, -0.15) is 0 Å². The summed E-state index contributed by atoms with van der Waals surface area (Å²) in [6.07, 6.45) is 7.66. The third kappa shape index (κ3) is 3.02. The molecule has 2 rings (SSSR count). The fraction of sp³-hybridized carbons (Fsp3) is 0.231. The van der Waals surface area contributed by atoms with E-state index in [-0.39, 0.29) is 24.8 Å². The van der Waals surface area contributed by atoms with E-state index in [2.05, 4.69) is 64.6 Å². The van der Waals surface area contributed by atoms with Crippen molar-refractivity contribution in [3.63, 3.8) is 0 Å². The molecule has 3 heteroatoms. The SMILES string of the molecule is Cc1ccc(C2=CC=CC2)c(C)[c]1[Ti+2].[Cl-].[Cl-]. The smallest absolute Gasteiger partial charge is 1.00 e. The fourth-order valence-corrected chi connectivity index (χ4v) is 2.18. The maximum Gasteiger partial charge on any atom is -1.00 e. The average Bonchev–Trinajstić information content (AvgIpc) is 2.67. The Kier molecular flexibility index (Phi) is 6.66. The van der Waals surface area contributed by atoms with Gasteiger partial charge in [0, 0.05) is 0 Å². The van der Waals surface area contributed by atoms with Gasteiger partial charge < -0.3 is 24.8 Å². The van der Waals surface area contributed by atoms with Gasteiger partial charge in [-0.25, -0.2) is 0 Å². The summed E-state index contributed by atoms with van der Waals surface area (Å²) < 4.78 is 1.43. The van der Waals surface area contributed by atoms with Gasteiger partial charge in [-0.1, -0.05) is 0 Å². The van der Waals surface area contributed by atoms with Crippen LogP contribution in [-0.4, -0.2) is 0 Å². The first-order valence-corrected chi connectivity index (χ1v) is 5.66. The van der Waals surface area contributed by atoms with Crippen LogP contribution in [-0.2, 0) is 20.4 Å². The Morgan fingerprint density at radius 1 is 1.12 bits per heavy atom. The largest absolute Gasteiger partial charge is 1.00 e. The van der Waals surface area contributed by atoms with E-state index < -0.39 is 0 Å². The summed E-state index contributed by atoms with van der Waals surface area (Å²) in [5.41, 5.74) is 5.68. The topological polar surface area (TPSA) is 0 Å². The molecule has 0 heterocycles. The van der Waals surface area contributed by atoms with Gasteiger partial charge >= 0.3 is 97.2 Å². The van der Waals surface area contributed by atoms with Crippen molar-refractivity contribution in [2.75, 3.05) is 0 Å². The van der Waals surface area contributed by atoms with Crippen molar-refractivity contribution in [1.82, 2.24) is 0 Å². The molecule has 1 aliphatic carbocycles. The predicted molar refractivity (Wildman–Crippen MR) is 57.3 cm³/mol. The summed E-state index contributed by atoms with van der Waals surface area (Å²) >= 11 is 2.21. The number of halogens is 2. The third-order valence-electron chi connectivity index (χ3n) is 2.79. The molecule has 0 atom stereocenters. The normalized spacial score (nSPS) is 12.9. The molecule has 83 valence electrons. The molecule has 0 nitrogen and oxygen atoms in total. The van der Waals surface area contributed by atoms with E-state index in [4.69, 9.17) is 0 Å². The van der Waals surface area contributed by atoms with Crippen LogP contribution in [0.3, 0.4) is 0 Å². The molecule has 16 heavy (non-hydrogen) atoms. The first kappa shape index (κ1) is 16.0. The van der Waals surface area contributed by atoms with Crippen LogP contribution in [0.15, 0.2) is 30.4 Å². The maximum absolute atomic E-state index is 2.25. The minimum absolute atomic E-state index is 0. The molecule has 0 saturated carbocycles. The van der Waals surface area contributed by atoms with Gasteiger partial charge in [-0.3, -0.25) is 0 Å². The zero-order valence-electron chi connectivity index (χ0n) is 9.35. The van der Waals surface area contributed by atoms with Crippen LogP contribution < -0.4 is 28.7 Å². The van der Waals surface area contributed by atoms with Crippen molar-refractivity contribution in [1.29, 1.82) is 0 Å². The Labute approximate surface area is 121 Å². The van der Waals surface area contributed by atoms with Crippen LogP contribution in [0.1, 0.15) is 23.1 Å². The molecule has 0 saturated heterocycles. The van der Waals surface area contributed by atoms with Crippen LogP contribution in [0.25, 0.3) is 5.57 Å². The standard InChI is InChI=1S/C13H13.2ClH.Ti/c1-10-7-8-13(11(2)9-10)12-5-3-4-6-12;;;/h3-5,7-8H,6H2,1-2H3;2*1H;/q;;;+2/p-2. The molecule has 0 aliphatic heterocycles. The first-order chi connectivity index (χ1) is 6.70. The summed E-state index contributed by atoms with van der Waals surface area (Å²) in [7, 11) is 0. The second kappa shape index (κ2) is 6.66. The van der Waals surface area contributed by atoms with E-state index in [1.54, 1.807) is 0 Å². The van der Waals surface area contributed by atoms with Gasteiger partial charge in [0.05, 0.1) is 0 Å². The predicted octanol–water partition coefficient (Wildman–Crippen LogP) is -3.17. The van der Waals surface area contributed by atoms with E-state index >= 15 is 0 Å². The van der Waals surface area contributed by atoms with Crippen molar-refractivity contribution in [2.24, 2.45) is 0 Å². The number of benzene rings is 1. The van der Waals surface area contributed by atoms with Crippen LogP contribution in [0.2, 0.25) is 0 Å². The molecule has 1 aliphatic rings. The van der Waals surface area contributed by atoms with Gasteiger partial charge in [0.1, 0.15) is 0 Å². The van der Waals surface area contributed by atoms with Crippen LogP contribution >= 0.6 is 0 Å². The minimum Gasteiger partial charge on any atom is -1.00 e. The third-order valence-corrected chi connectivity index (χ3v) is 3.99. The van der Waals surface area contributed by atoms with Crippen LogP contribution in [0, 0.1) is 13.8 Å². The molecule has 0 unspecified atom stereocenters. The zero-order valence-corrected chi connectivity index (χ0v) is 12.4. The van der Waals surface area contributed by atoms with Gasteiger partial charge in [-0.15, -0.1) is 0 Å². The average molecular weight is 288 g/mol. The molecule has 0 bridgehead atoms. The molecular weight excluding hydrogens is 275 g/mol. The molecular formula is C13H13Cl2Ti. The molecule has 1 aromatic carbocycles. The van der Waals surface area contributed by atoms with Crippen LogP contribution in [0.5, 0.6) is 0 Å². The van der Waals surface area contributed by atoms with E-state index in [9.17, 15) is 0 Å². The van der Waals surface area contributed by atoms with E-state index in [0.717, 1.165) is 6.42 Å². The molecule has 0 spiro atoms. The van der Waals surface area contributed by atoms with Crippen molar-refractivity contribution in [2.45, 2.75) is 20.3 Å². The van der Waals surface area contributed by atoms with Gasteiger partial charge in [-0.05, 0) is 0 Å². The molecule has 0 aromatic heterocycles. The second-order valence-corrected chi connectivity index (χ2v) is 4.53. The molecule has 0 radical (unpaired) electrons. The summed E-state index contributed by atoms with van der Waals surface area (Å²) in [6, 6.07) is 4.47. The van der Waals surface area contributed by atoms with Crippen molar-refractivity contribution in [3.8, 4) is 0 Å². The summed E-state index contributed by atoms with van der Waals surface area (Å²) in [5.74, 6) is 0. The van der Waals surface area contributed by atoms with Gasteiger partial charge in [0.2, 0.25) is 0 Å². The minimum atomic E-state index is 0. The number of hydrogen-bond donors (Lipinski definition) is 0. The summed E-state index contributed by atoms with van der Waals surface area (Å²) in [5, 5.41) is 0. The molecule has 0 amide bonds. The number of allylic oxidation sites excluding steroid dienone is 4. The fourth-order valence-electron chi connectivity index (χ4n) is 1.84. The monoisotopic (exact) mass is 287 g/mol.